The van der Waals surface area contributed by atoms with E-state index in [0.29, 0.717) is 5.57 Å². The van der Waals surface area contributed by atoms with E-state index in [1.807, 2.05) is 6.92 Å². The molecule has 3 nitrogen and oxygen atoms in total. The van der Waals surface area contributed by atoms with Crippen LogP contribution in [0.1, 0.15) is 20.8 Å². The molecular weight excluding hydrogens is 142 g/mol. The molecule has 0 heterocycles. The van der Waals surface area contributed by atoms with Crippen LogP contribution in [-0.4, -0.2) is 19.6 Å². The highest BCUT2D eigenvalue weighted by atomic mass is 16.5. The lowest BCUT2D eigenvalue weighted by Crippen LogP contribution is -2.00. The number of carbonyl (C=O) groups is 1. The highest BCUT2D eigenvalue weighted by Crippen LogP contribution is 1.92. The zero-order valence-electron chi connectivity index (χ0n) is 7.68. The molecule has 0 aliphatic rings. The number of hydrogen-bond donors (Lipinski definition) is 1. The van der Waals surface area contributed by atoms with Gasteiger partial charge in [-0.25, -0.2) is 4.79 Å². The summed E-state index contributed by atoms with van der Waals surface area (Å²) < 4.78 is 4.40. The van der Waals surface area contributed by atoms with Crippen molar-refractivity contribution in [3.63, 3.8) is 0 Å². The lowest BCUT2D eigenvalue weighted by molar-refractivity contribution is -0.136. The number of allylic oxidation sites excluding steroid dienone is 1. The maximum absolute atomic E-state index is 10.5. The average molecular weight is 159 g/mol. The molecule has 0 aliphatic heterocycles. The third-order valence-electron chi connectivity index (χ3n) is 0.940. The summed E-state index contributed by atoms with van der Waals surface area (Å²) in [5.74, 6) is -0.257. The quantitative estimate of drug-likeness (QED) is 0.460. The van der Waals surface area contributed by atoms with E-state index in [4.69, 9.17) is 5.73 Å². The maximum atomic E-state index is 10.5. The average Bonchev–Trinajstić information content (AvgIpc) is 2.03. The molecule has 0 aromatic heterocycles. The fourth-order valence-corrected chi connectivity index (χ4v) is 0.279. The minimum atomic E-state index is -0.257. The van der Waals surface area contributed by atoms with E-state index in [-0.39, 0.29) is 5.97 Å². The highest BCUT2D eigenvalue weighted by Gasteiger charge is 1.98. The maximum Gasteiger partial charge on any atom is 0.333 e. The van der Waals surface area contributed by atoms with Crippen molar-refractivity contribution >= 4 is 5.97 Å². The first-order valence-electron chi connectivity index (χ1n) is 3.55. The topological polar surface area (TPSA) is 52.3 Å². The lowest BCUT2D eigenvalue weighted by atomic mass is 10.3. The van der Waals surface area contributed by atoms with E-state index >= 15 is 0 Å². The predicted octanol–water partition coefficient (Wildman–Crippen LogP) is 1.09. The van der Waals surface area contributed by atoms with Gasteiger partial charge in [0.05, 0.1) is 7.11 Å². The van der Waals surface area contributed by atoms with Crippen molar-refractivity contribution < 1.29 is 9.53 Å². The molecule has 2 N–H and O–H groups in total. The Balaban J connectivity index is 0. The molecule has 0 fully saturated rings. The van der Waals surface area contributed by atoms with E-state index in [1.54, 1.807) is 19.9 Å². The number of nitrogens with two attached hydrogens (primary N) is 1. The van der Waals surface area contributed by atoms with Crippen LogP contribution in [0.3, 0.4) is 0 Å². The molecule has 11 heavy (non-hydrogen) atoms. The van der Waals surface area contributed by atoms with Gasteiger partial charge in [0.15, 0.2) is 0 Å². The summed E-state index contributed by atoms with van der Waals surface area (Å²) in [5.41, 5.74) is 5.49. The minimum Gasteiger partial charge on any atom is -0.466 e. The van der Waals surface area contributed by atoms with Gasteiger partial charge < -0.3 is 10.5 Å². The first kappa shape index (κ1) is 12.8. The van der Waals surface area contributed by atoms with Gasteiger partial charge in [0.2, 0.25) is 0 Å². The van der Waals surface area contributed by atoms with Crippen molar-refractivity contribution in [2.75, 3.05) is 13.7 Å². The molecule has 0 saturated carbocycles. The molecular formula is C8H17NO2. The molecule has 0 rings (SSSR count). The third kappa shape index (κ3) is 9.17. The molecule has 0 bridgehead atoms. The number of carbonyl (C=O) groups excluding carboxylic acids is 1. The van der Waals surface area contributed by atoms with E-state index < -0.39 is 0 Å². The number of methoxy groups -OCH3 is 1. The van der Waals surface area contributed by atoms with Gasteiger partial charge in [0, 0.05) is 5.57 Å². The van der Waals surface area contributed by atoms with Crippen molar-refractivity contribution in [1.82, 2.24) is 0 Å². The SMILES string of the molecule is CC=C(C)C(=O)OC.CCN. The number of rotatable bonds is 1. The summed E-state index contributed by atoms with van der Waals surface area (Å²) in [4.78, 5) is 10.5. The fourth-order valence-electron chi connectivity index (χ4n) is 0.279. The Morgan fingerprint density at radius 1 is 1.64 bits per heavy atom. The van der Waals surface area contributed by atoms with E-state index in [2.05, 4.69) is 4.74 Å². The summed E-state index contributed by atoms with van der Waals surface area (Å²) in [6.07, 6.45) is 1.71. The molecule has 66 valence electrons. The molecule has 0 aromatic rings. The van der Waals surface area contributed by atoms with E-state index in [0.717, 1.165) is 6.54 Å². The molecule has 0 spiro atoms. The molecule has 0 saturated heterocycles. The van der Waals surface area contributed by atoms with Gasteiger partial charge in [0.25, 0.3) is 0 Å². The second-order valence-electron chi connectivity index (χ2n) is 1.87. The summed E-state index contributed by atoms with van der Waals surface area (Å²) in [6, 6.07) is 0. The molecule has 0 radical (unpaired) electrons. The van der Waals surface area contributed by atoms with Crippen LogP contribution in [0.5, 0.6) is 0 Å². The number of ether oxygens (including phenoxy) is 1. The van der Waals surface area contributed by atoms with Gasteiger partial charge in [-0.15, -0.1) is 0 Å². The highest BCUT2D eigenvalue weighted by molar-refractivity contribution is 5.87. The number of hydrogen-bond acceptors (Lipinski definition) is 3. The standard InChI is InChI=1S/C6H10O2.C2H7N/c1-4-5(2)6(7)8-3;1-2-3/h4H,1-3H3;2-3H2,1H3. The van der Waals surface area contributed by atoms with Crippen molar-refractivity contribution in [2.45, 2.75) is 20.8 Å². The Labute approximate surface area is 68.2 Å². The van der Waals surface area contributed by atoms with Gasteiger partial charge in [-0.3, -0.25) is 0 Å². The van der Waals surface area contributed by atoms with Crippen LogP contribution < -0.4 is 5.73 Å². The zero-order chi connectivity index (χ0) is 9.28. The van der Waals surface area contributed by atoms with Crippen LogP contribution >= 0.6 is 0 Å². The molecule has 0 aromatic carbocycles. The van der Waals surface area contributed by atoms with Gasteiger partial charge in [-0.05, 0) is 20.4 Å². The third-order valence-corrected chi connectivity index (χ3v) is 0.940. The van der Waals surface area contributed by atoms with Crippen molar-refractivity contribution in [2.24, 2.45) is 5.73 Å². The Hall–Kier alpha value is -0.830. The fraction of sp³-hybridized carbons (Fsp3) is 0.625. The van der Waals surface area contributed by atoms with Gasteiger partial charge in [-0.2, -0.15) is 0 Å². The van der Waals surface area contributed by atoms with Crippen LogP contribution in [0, 0.1) is 0 Å². The van der Waals surface area contributed by atoms with E-state index in [9.17, 15) is 4.79 Å². The van der Waals surface area contributed by atoms with Crippen molar-refractivity contribution in [3.05, 3.63) is 11.6 Å². The van der Waals surface area contributed by atoms with Crippen LogP contribution in [0.4, 0.5) is 0 Å². The van der Waals surface area contributed by atoms with Gasteiger partial charge >= 0.3 is 5.97 Å². The van der Waals surface area contributed by atoms with Gasteiger partial charge in [-0.1, -0.05) is 13.0 Å². The van der Waals surface area contributed by atoms with Crippen LogP contribution in [-0.2, 0) is 9.53 Å². The van der Waals surface area contributed by atoms with Crippen LogP contribution in [0.25, 0.3) is 0 Å². The Bertz CT molecular complexity index is 130. The first-order valence-corrected chi connectivity index (χ1v) is 3.55. The first-order chi connectivity index (χ1) is 5.13. The minimum absolute atomic E-state index is 0.257. The summed E-state index contributed by atoms with van der Waals surface area (Å²) in [6.45, 7) is 6.16. The van der Waals surface area contributed by atoms with Crippen LogP contribution in [0.2, 0.25) is 0 Å². The Morgan fingerprint density at radius 3 is 2.09 bits per heavy atom. The van der Waals surface area contributed by atoms with Crippen LogP contribution in [0.15, 0.2) is 11.6 Å². The second-order valence-corrected chi connectivity index (χ2v) is 1.87. The monoisotopic (exact) mass is 159 g/mol. The van der Waals surface area contributed by atoms with Gasteiger partial charge in [0.1, 0.15) is 0 Å². The van der Waals surface area contributed by atoms with Crippen molar-refractivity contribution in [1.29, 1.82) is 0 Å². The predicted molar refractivity (Wildman–Crippen MR) is 46.2 cm³/mol. The molecule has 3 heteroatoms. The largest absolute Gasteiger partial charge is 0.466 e. The molecule has 0 atom stereocenters. The summed E-state index contributed by atoms with van der Waals surface area (Å²) >= 11 is 0. The molecule has 0 amide bonds. The smallest absolute Gasteiger partial charge is 0.333 e. The molecule has 0 aliphatic carbocycles. The molecule has 0 unspecified atom stereocenters. The van der Waals surface area contributed by atoms with Crippen molar-refractivity contribution in [3.8, 4) is 0 Å². The normalized spacial score (nSPS) is 9.73. The summed E-state index contributed by atoms with van der Waals surface area (Å²) in [7, 11) is 1.37. The zero-order valence-corrected chi connectivity index (χ0v) is 7.68. The number of esters is 1. The van der Waals surface area contributed by atoms with E-state index in [1.165, 1.54) is 7.11 Å². The Kier molecular flexibility index (Phi) is 10.7. The summed E-state index contributed by atoms with van der Waals surface area (Å²) in [5, 5.41) is 0. The Morgan fingerprint density at radius 2 is 2.00 bits per heavy atom. The lowest BCUT2D eigenvalue weighted by Gasteiger charge is -1.93. The second kappa shape index (κ2) is 9.17.